The molecular formula is C23H22N8O2. The highest BCUT2D eigenvalue weighted by atomic mass is 16.2. The monoisotopic (exact) mass is 442 g/mol. The number of tetrazole rings is 1. The van der Waals surface area contributed by atoms with Crippen LogP contribution in [0.4, 0.5) is 0 Å². The average molecular weight is 442 g/mol. The minimum Gasteiger partial charge on any atom is -0.318 e. The topological polar surface area (TPSA) is 116 Å². The SMILES string of the molecule is CCCn1c(=O)[nH]c(=O)c2c1nc(C)n2Cc1ccc(-c2ccccc2-n2cnnn2)cc1. The molecule has 0 radical (unpaired) electrons. The maximum atomic E-state index is 12.6. The first-order chi connectivity index (χ1) is 16.1. The van der Waals surface area contributed by atoms with Gasteiger partial charge in [0.05, 0.1) is 5.69 Å². The Morgan fingerprint density at radius 3 is 2.52 bits per heavy atom. The summed E-state index contributed by atoms with van der Waals surface area (Å²) in [6.45, 7) is 4.78. The van der Waals surface area contributed by atoms with E-state index in [9.17, 15) is 9.59 Å². The van der Waals surface area contributed by atoms with Crippen molar-refractivity contribution in [1.29, 1.82) is 0 Å². The highest BCUT2D eigenvalue weighted by molar-refractivity contribution is 5.73. The highest BCUT2D eigenvalue weighted by Gasteiger charge is 2.16. The summed E-state index contributed by atoms with van der Waals surface area (Å²) in [6.07, 6.45) is 2.33. The molecule has 3 heterocycles. The molecule has 0 atom stereocenters. The molecule has 10 heteroatoms. The molecule has 0 saturated carbocycles. The van der Waals surface area contributed by atoms with E-state index in [1.807, 2.05) is 66.9 Å². The predicted octanol–water partition coefficient (Wildman–Crippen LogP) is 2.30. The molecule has 10 nitrogen and oxygen atoms in total. The van der Waals surface area contributed by atoms with Gasteiger partial charge in [-0.25, -0.2) is 9.78 Å². The number of imidazole rings is 1. The third kappa shape index (κ3) is 3.65. The van der Waals surface area contributed by atoms with Gasteiger partial charge < -0.3 is 4.57 Å². The number of aryl methyl sites for hydroxylation is 2. The minimum absolute atomic E-state index is 0.411. The van der Waals surface area contributed by atoms with Crippen molar-refractivity contribution >= 4 is 11.2 Å². The van der Waals surface area contributed by atoms with Gasteiger partial charge >= 0.3 is 5.69 Å². The van der Waals surface area contributed by atoms with Gasteiger partial charge in [-0.05, 0) is 41.0 Å². The van der Waals surface area contributed by atoms with Gasteiger partial charge in [-0.2, -0.15) is 4.68 Å². The lowest BCUT2D eigenvalue weighted by atomic mass is 10.0. The molecule has 0 bridgehead atoms. The molecule has 3 aromatic heterocycles. The summed E-state index contributed by atoms with van der Waals surface area (Å²) in [5.74, 6) is 0.680. The van der Waals surface area contributed by atoms with Crippen molar-refractivity contribution in [1.82, 2.24) is 39.3 Å². The standard InChI is InChI=1S/C23H22N8O2/c1-3-12-29-21-20(22(32)26-23(29)33)30(15(2)25-21)13-16-8-10-17(11-9-16)18-6-4-5-7-19(18)31-14-24-27-28-31/h4-11,14H,3,12-13H2,1-2H3,(H,26,32,33). The number of hydrogen-bond donors (Lipinski definition) is 1. The zero-order valence-electron chi connectivity index (χ0n) is 18.3. The van der Waals surface area contributed by atoms with Crippen molar-refractivity contribution in [2.75, 3.05) is 0 Å². The van der Waals surface area contributed by atoms with Crippen molar-refractivity contribution in [3.63, 3.8) is 0 Å². The molecule has 0 aliphatic carbocycles. The molecule has 1 N–H and O–H groups in total. The minimum atomic E-state index is -0.426. The lowest BCUT2D eigenvalue weighted by Crippen LogP contribution is -2.31. The van der Waals surface area contributed by atoms with Gasteiger partial charge in [0.25, 0.3) is 5.56 Å². The van der Waals surface area contributed by atoms with Crippen molar-refractivity contribution in [2.45, 2.75) is 33.4 Å². The molecule has 2 aromatic carbocycles. The van der Waals surface area contributed by atoms with Gasteiger partial charge in [0.2, 0.25) is 0 Å². The second-order valence-corrected chi connectivity index (χ2v) is 7.80. The van der Waals surface area contributed by atoms with Crippen LogP contribution >= 0.6 is 0 Å². The molecule has 166 valence electrons. The number of nitrogens with one attached hydrogen (secondary N) is 1. The van der Waals surface area contributed by atoms with E-state index in [0.717, 1.165) is 28.8 Å². The zero-order chi connectivity index (χ0) is 22.9. The zero-order valence-corrected chi connectivity index (χ0v) is 18.3. The molecule has 33 heavy (non-hydrogen) atoms. The lowest BCUT2D eigenvalue weighted by Gasteiger charge is -2.11. The summed E-state index contributed by atoms with van der Waals surface area (Å²) in [4.78, 5) is 31.8. The molecule has 0 saturated heterocycles. The second kappa shape index (κ2) is 8.30. The van der Waals surface area contributed by atoms with Crippen LogP contribution < -0.4 is 11.2 Å². The number of fused-ring (bicyclic) bond motifs is 1. The smallest absolute Gasteiger partial charge is 0.318 e. The Kier molecular flexibility index (Phi) is 5.17. The average Bonchev–Trinajstić information content (AvgIpc) is 3.46. The number of nitrogens with zero attached hydrogens (tertiary/aromatic N) is 7. The van der Waals surface area contributed by atoms with Crippen LogP contribution in [0.2, 0.25) is 0 Å². The van der Waals surface area contributed by atoms with Crippen molar-refractivity contribution in [3.05, 3.63) is 87.1 Å². The first-order valence-electron chi connectivity index (χ1n) is 10.7. The number of para-hydroxylation sites is 1. The molecule has 0 aliphatic rings. The third-order valence-electron chi connectivity index (χ3n) is 5.63. The number of rotatable bonds is 6. The van der Waals surface area contributed by atoms with Crippen LogP contribution in [0.25, 0.3) is 28.0 Å². The van der Waals surface area contributed by atoms with Crippen LogP contribution in [0.15, 0.2) is 64.4 Å². The lowest BCUT2D eigenvalue weighted by molar-refractivity contribution is 0.652. The number of aromatic amines is 1. The number of hydrogen-bond acceptors (Lipinski definition) is 6. The predicted molar refractivity (Wildman–Crippen MR) is 123 cm³/mol. The molecular weight excluding hydrogens is 420 g/mol. The Morgan fingerprint density at radius 2 is 1.79 bits per heavy atom. The van der Waals surface area contributed by atoms with E-state index < -0.39 is 11.2 Å². The largest absolute Gasteiger partial charge is 0.330 e. The molecule has 0 amide bonds. The van der Waals surface area contributed by atoms with Gasteiger partial charge in [0, 0.05) is 18.7 Å². The maximum Gasteiger partial charge on any atom is 0.330 e. The van der Waals surface area contributed by atoms with E-state index in [1.165, 1.54) is 4.57 Å². The fourth-order valence-corrected chi connectivity index (χ4v) is 4.07. The normalized spacial score (nSPS) is 11.3. The molecule has 5 rings (SSSR count). The van der Waals surface area contributed by atoms with Gasteiger partial charge in [-0.1, -0.05) is 49.4 Å². The highest BCUT2D eigenvalue weighted by Crippen LogP contribution is 2.26. The third-order valence-corrected chi connectivity index (χ3v) is 5.63. The Labute approximate surface area is 188 Å². The van der Waals surface area contributed by atoms with E-state index in [0.29, 0.717) is 30.1 Å². The van der Waals surface area contributed by atoms with Gasteiger partial charge in [0.15, 0.2) is 11.2 Å². The van der Waals surface area contributed by atoms with Crippen LogP contribution in [-0.2, 0) is 13.1 Å². The number of aromatic nitrogens is 8. The van der Waals surface area contributed by atoms with Crippen molar-refractivity contribution < 1.29 is 0 Å². The molecule has 0 unspecified atom stereocenters. The van der Waals surface area contributed by atoms with E-state index in [4.69, 9.17) is 0 Å². The molecule has 5 aromatic rings. The van der Waals surface area contributed by atoms with Crippen LogP contribution in [0.3, 0.4) is 0 Å². The van der Waals surface area contributed by atoms with Gasteiger partial charge in [-0.15, -0.1) is 5.10 Å². The van der Waals surface area contributed by atoms with E-state index in [1.54, 1.807) is 11.0 Å². The van der Waals surface area contributed by atoms with Crippen LogP contribution in [0.5, 0.6) is 0 Å². The van der Waals surface area contributed by atoms with E-state index >= 15 is 0 Å². The quantitative estimate of drug-likeness (QED) is 0.431. The summed E-state index contributed by atoms with van der Waals surface area (Å²) in [7, 11) is 0. The van der Waals surface area contributed by atoms with E-state index in [2.05, 4.69) is 25.5 Å². The first kappa shape index (κ1) is 20.6. The maximum absolute atomic E-state index is 12.6. The van der Waals surface area contributed by atoms with Crippen LogP contribution in [0.1, 0.15) is 24.7 Å². The van der Waals surface area contributed by atoms with Crippen molar-refractivity contribution in [3.8, 4) is 16.8 Å². The van der Waals surface area contributed by atoms with Gasteiger partial charge in [0.1, 0.15) is 12.2 Å². The summed E-state index contributed by atoms with van der Waals surface area (Å²) >= 11 is 0. The summed E-state index contributed by atoms with van der Waals surface area (Å²) < 4.78 is 5.01. The van der Waals surface area contributed by atoms with Crippen LogP contribution in [0, 0.1) is 6.92 Å². The second-order valence-electron chi connectivity index (χ2n) is 7.80. The van der Waals surface area contributed by atoms with Gasteiger partial charge in [-0.3, -0.25) is 14.3 Å². The fraction of sp³-hybridized carbons (Fsp3) is 0.217. The summed E-state index contributed by atoms with van der Waals surface area (Å²) in [5, 5.41) is 11.5. The molecule has 0 spiro atoms. The Morgan fingerprint density at radius 1 is 1.00 bits per heavy atom. The molecule has 0 aliphatic heterocycles. The van der Waals surface area contributed by atoms with Crippen LogP contribution in [-0.4, -0.2) is 39.3 Å². The number of H-pyrrole nitrogens is 1. The summed E-state index contributed by atoms with van der Waals surface area (Å²) in [5.41, 5.74) is 3.90. The Bertz CT molecular complexity index is 1540. The van der Waals surface area contributed by atoms with E-state index in [-0.39, 0.29) is 0 Å². The summed E-state index contributed by atoms with van der Waals surface area (Å²) in [6, 6.07) is 16.0. The Hall–Kier alpha value is -4.34. The first-order valence-corrected chi connectivity index (χ1v) is 10.7. The van der Waals surface area contributed by atoms with Crippen molar-refractivity contribution in [2.24, 2.45) is 0 Å². The number of benzene rings is 2. The molecule has 0 fully saturated rings. The Balaban J connectivity index is 1.52. The fourth-order valence-electron chi connectivity index (χ4n) is 4.07.